The summed E-state index contributed by atoms with van der Waals surface area (Å²) in [6, 6.07) is 10.8. The van der Waals surface area contributed by atoms with E-state index in [-0.39, 0.29) is 6.42 Å². The van der Waals surface area contributed by atoms with Crippen LogP contribution in [-0.2, 0) is 11.2 Å². The van der Waals surface area contributed by atoms with Crippen LogP contribution >= 0.6 is 0 Å². The van der Waals surface area contributed by atoms with Crippen molar-refractivity contribution in [3.8, 4) is 5.75 Å². The molecule has 2 rings (SSSR count). The number of azide groups is 1. The largest absolute Gasteiger partial charge is 0.496 e. The van der Waals surface area contributed by atoms with Crippen LogP contribution in [0.25, 0.3) is 21.2 Å². The van der Waals surface area contributed by atoms with Crippen molar-refractivity contribution in [1.29, 1.82) is 0 Å². The second-order valence-corrected chi connectivity index (χ2v) is 4.63. The number of fused-ring (bicyclic) bond motifs is 1. The number of hydrogen-bond donors (Lipinski definition) is 1. The second kappa shape index (κ2) is 6.63. The maximum absolute atomic E-state index is 10.8. The summed E-state index contributed by atoms with van der Waals surface area (Å²) >= 11 is 0. The fraction of sp³-hybridized carbons (Fsp3) is 0.267. The Morgan fingerprint density at radius 1 is 1.33 bits per heavy atom. The number of carboxylic acid groups (broad SMARTS) is 1. The van der Waals surface area contributed by atoms with E-state index in [2.05, 4.69) is 10.0 Å². The molecule has 0 fully saturated rings. The summed E-state index contributed by atoms with van der Waals surface area (Å²) in [5.74, 6) is -0.224. The van der Waals surface area contributed by atoms with Crippen molar-refractivity contribution in [1.82, 2.24) is 0 Å². The van der Waals surface area contributed by atoms with Crippen molar-refractivity contribution in [3.05, 3.63) is 52.4 Å². The van der Waals surface area contributed by atoms with Gasteiger partial charge in [-0.05, 0) is 29.0 Å². The van der Waals surface area contributed by atoms with Crippen molar-refractivity contribution in [2.45, 2.75) is 18.9 Å². The molecule has 6 nitrogen and oxygen atoms in total. The van der Waals surface area contributed by atoms with Gasteiger partial charge in [-0.3, -0.25) is 4.79 Å². The Bertz CT molecular complexity index is 708. The van der Waals surface area contributed by atoms with Gasteiger partial charge in [0.25, 0.3) is 0 Å². The van der Waals surface area contributed by atoms with E-state index in [1.165, 1.54) is 0 Å². The van der Waals surface area contributed by atoms with E-state index in [9.17, 15) is 4.79 Å². The molecule has 0 saturated heterocycles. The third-order valence-electron chi connectivity index (χ3n) is 3.28. The highest BCUT2D eigenvalue weighted by atomic mass is 16.5. The van der Waals surface area contributed by atoms with Gasteiger partial charge >= 0.3 is 5.97 Å². The normalized spacial score (nSPS) is 11.7. The van der Waals surface area contributed by atoms with Crippen LogP contribution in [0.2, 0.25) is 0 Å². The van der Waals surface area contributed by atoms with Crippen LogP contribution < -0.4 is 4.74 Å². The van der Waals surface area contributed by atoms with Crippen molar-refractivity contribution in [2.75, 3.05) is 7.11 Å². The molecule has 2 aromatic rings. The first-order chi connectivity index (χ1) is 10.2. The highest BCUT2D eigenvalue weighted by molar-refractivity contribution is 5.91. The Hall–Kier alpha value is -2.72. The Morgan fingerprint density at radius 3 is 2.67 bits per heavy atom. The lowest BCUT2D eigenvalue weighted by Crippen LogP contribution is -2.13. The summed E-state index contributed by atoms with van der Waals surface area (Å²) in [5.41, 5.74) is 9.50. The molecule has 1 atom stereocenters. The zero-order chi connectivity index (χ0) is 15.2. The zero-order valence-corrected chi connectivity index (χ0v) is 11.6. The fourth-order valence-electron chi connectivity index (χ4n) is 2.37. The summed E-state index contributed by atoms with van der Waals surface area (Å²) in [6.07, 6.45) is 0.186. The number of carbonyl (C=O) groups is 1. The predicted octanol–water partition coefficient (Wildman–Crippen LogP) is 3.54. The standard InChI is InChI=1S/C15H15N3O3/c1-21-14-7-6-10(12-4-2-3-5-13(12)14)8-11(17-18-16)9-15(19)20/h2-7,11H,8-9H2,1H3,(H,19,20). The molecule has 0 aliphatic rings. The van der Waals surface area contributed by atoms with Crippen molar-refractivity contribution in [3.63, 3.8) is 0 Å². The quantitative estimate of drug-likeness (QED) is 0.499. The van der Waals surface area contributed by atoms with Gasteiger partial charge in [-0.25, -0.2) is 0 Å². The molecule has 0 aliphatic carbocycles. The van der Waals surface area contributed by atoms with Crippen molar-refractivity contribution in [2.24, 2.45) is 5.11 Å². The first-order valence-corrected chi connectivity index (χ1v) is 6.46. The highest BCUT2D eigenvalue weighted by Gasteiger charge is 2.15. The summed E-state index contributed by atoms with van der Waals surface area (Å²) in [5, 5.41) is 14.4. The zero-order valence-electron chi connectivity index (χ0n) is 11.6. The molecule has 6 heteroatoms. The first-order valence-electron chi connectivity index (χ1n) is 6.46. The van der Waals surface area contributed by atoms with Crippen LogP contribution in [0.1, 0.15) is 12.0 Å². The van der Waals surface area contributed by atoms with E-state index in [0.29, 0.717) is 6.42 Å². The Balaban J connectivity index is 2.42. The maximum atomic E-state index is 10.8. The molecule has 0 bridgehead atoms. The van der Waals surface area contributed by atoms with E-state index < -0.39 is 12.0 Å². The molecule has 1 unspecified atom stereocenters. The van der Waals surface area contributed by atoms with E-state index in [4.69, 9.17) is 15.4 Å². The average molecular weight is 285 g/mol. The van der Waals surface area contributed by atoms with E-state index >= 15 is 0 Å². The number of ether oxygens (including phenoxy) is 1. The first kappa shape index (κ1) is 14.7. The van der Waals surface area contributed by atoms with Gasteiger partial charge in [-0.15, -0.1) is 0 Å². The highest BCUT2D eigenvalue weighted by Crippen LogP contribution is 2.29. The third kappa shape index (κ3) is 3.43. The smallest absolute Gasteiger partial charge is 0.303 e. The summed E-state index contributed by atoms with van der Waals surface area (Å²) < 4.78 is 5.32. The number of carboxylic acids is 1. The van der Waals surface area contributed by atoms with Gasteiger partial charge in [0.05, 0.1) is 19.6 Å². The number of rotatable bonds is 6. The summed E-state index contributed by atoms with van der Waals surface area (Å²) in [6.45, 7) is 0. The molecule has 0 aromatic heterocycles. The number of nitrogens with zero attached hydrogens (tertiary/aromatic N) is 3. The van der Waals surface area contributed by atoms with Crippen LogP contribution in [0.4, 0.5) is 0 Å². The Labute approximate surface area is 121 Å². The summed E-state index contributed by atoms with van der Waals surface area (Å²) in [7, 11) is 1.61. The Kier molecular flexibility index (Phi) is 4.64. The topological polar surface area (TPSA) is 95.3 Å². The van der Waals surface area contributed by atoms with Crippen LogP contribution in [-0.4, -0.2) is 24.2 Å². The molecule has 21 heavy (non-hydrogen) atoms. The molecular weight excluding hydrogens is 270 g/mol. The predicted molar refractivity (Wildman–Crippen MR) is 79.4 cm³/mol. The van der Waals surface area contributed by atoms with E-state index in [1.807, 2.05) is 36.4 Å². The van der Waals surface area contributed by atoms with Crippen molar-refractivity contribution < 1.29 is 14.6 Å². The SMILES string of the molecule is COc1ccc(CC(CC(=O)O)N=[N+]=[N-])c2ccccc12. The number of benzene rings is 2. The molecule has 1 N–H and O–H groups in total. The monoisotopic (exact) mass is 285 g/mol. The molecule has 0 amide bonds. The molecule has 108 valence electrons. The van der Waals surface area contributed by atoms with Gasteiger partial charge in [0.2, 0.25) is 0 Å². The molecule has 0 aliphatic heterocycles. The fourth-order valence-corrected chi connectivity index (χ4v) is 2.37. The lowest BCUT2D eigenvalue weighted by atomic mass is 9.97. The van der Waals surface area contributed by atoms with E-state index in [1.54, 1.807) is 7.11 Å². The summed E-state index contributed by atoms with van der Waals surface area (Å²) in [4.78, 5) is 13.6. The number of aliphatic carboxylic acids is 1. The Morgan fingerprint density at radius 2 is 2.05 bits per heavy atom. The van der Waals surface area contributed by atoms with Crippen molar-refractivity contribution >= 4 is 16.7 Å². The minimum atomic E-state index is -0.981. The van der Waals surface area contributed by atoms with Gasteiger partial charge in [0.1, 0.15) is 5.75 Å². The molecular formula is C15H15N3O3. The number of hydrogen-bond acceptors (Lipinski definition) is 3. The molecule has 2 aromatic carbocycles. The van der Waals surface area contributed by atoms with Crippen LogP contribution in [0.15, 0.2) is 41.5 Å². The minimum Gasteiger partial charge on any atom is -0.496 e. The van der Waals surface area contributed by atoms with E-state index in [0.717, 1.165) is 22.1 Å². The lowest BCUT2D eigenvalue weighted by Gasteiger charge is -2.13. The van der Waals surface area contributed by atoms with Gasteiger partial charge in [-0.1, -0.05) is 35.4 Å². The lowest BCUT2D eigenvalue weighted by molar-refractivity contribution is -0.137. The van der Waals surface area contributed by atoms with Gasteiger partial charge in [-0.2, -0.15) is 0 Å². The molecule has 0 radical (unpaired) electrons. The maximum Gasteiger partial charge on any atom is 0.303 e. The van der Waals surface area contributed by atoms with Crippen LogP contribution in [0, 0.1) is 0 Å². The number of methoxy groups -OCH3 is 1. The third-order valence-corrected chi connectivity index (χ3v) is 3.28. The van der Waals surface area contributed by atoms with Gasteiger partial charge in [0.15, 0.2) is 0 Å². The molecule has 0 saturated carbocycles. The van der Waals surface area contributed by atoms with Gasteiger partial charge in [0, 0.05) is 10.3 Å². The molecule has 0 heterocycles. The van der Waals surface area contributed by atoms with Crippen LogP contribution in [0.3, 0.4) is 0 Å². The average Bonchev–Trinajstić information content (AvgIpc) is 2.47. The van der Waals surface area contributed by atoms with Crippen LogP contribution in [0.5, 0.6) is 5.75 Å². The molecule has 0 spiro atoms. The van der Waals surface area contributed by atoms with Gasteiger partial charge < -0.3 is 9.84 Å². The minimum absolute atomic E-state index is 0.190. The second-order valence-electron chi connectivity index (χ2n) is 4.63.